The summed E-state index contributed by atoms with van der Waals surface area (Å²) in [5, 5.41) is 4.60. The summed E-state index contributed by atoms with van der Waals surface area (Å²) >= 11 is 1.72. The molecular formula is C18H24N4O4PS+. The number of aliphatic imine (C=N–C) groups is 1. The van der Waals surface area contributed by atoms with Crippen LogP contribution in [0, 0.1) is 6.92 Å². The van der Waals surface area contributed by atoms with E-state index in [1.165, 1.54) is 4.88 Å². The highest BCUT2D eigenvalue weighted by Crippen LogP contribution is 2.40. The van der Waals surface area contributed by atoms with Crippen molar-refractivity contribution < 1.29 is 23.4 Å². The first-order valence-corrected chi connectivity index (χ1v) is 11.4. The van der Waals surface area contributed by atoms with Crippen LogP contribution in [0.5, 0.6) is 0 Å². The third-order valence-electron chi connectivity index (χ3n) is 5.13. The molecule has 10 heteroatoms. The normalized spacial score (nSPS) is 18.6. The SMILES string of the molecule is Cc1cc2c(s1)Nc1ccccc1N=C2N1CC[N+](C)(COP(=O)(O)O)CC1. The molecule has 1 aromatic heterocycles. The zero-order valence-electron chi connectivity index (χ0n) is 15.8. The highest BCUT2D eigenvalue weighted by atomic mass is 32.1. The molecule has 28 heavy (non-hydrogen) atoms. The predicted octanol–water partition coefficient (Wildman–Crippen LogP) is 3.02. The molecule has 1 saturated heterocycles. The van der Waals surface area contributed by atoms with Gasteiger partial charge in [-0.15, -0.1) is 11.3 Å². The Kier molecular flexibility index (Phi) is 5.07. The Morgan fingerprint density at radius 3 is 2.75 bits per heavy atom. The number of likely N-dealkylation sites (N-methyl/N-ethyl adjacent to an activating group) is 1. The zero-order valence-corrected chi connectivity index (χ0v) is 17.5. The molecular weight excluding hydrogens is 399 g/mol. The number of phosphoric acid groups is 1. The minimum atomic E-state index is -4.46. The maximum Gasteiger partial charge on any atom is 0.474 e. The summed E-state index contributed by atoms with van der Waals surface area (Å²) in [4.78, 5) is 26.4. The third kappa shape index (κ3) is 4.15. The zero-order chi connectivity index (χ0) is 19.9. The van der Waals surface area contributed by atoms with E-state index in [1.54, 1.807) is 11.3 Å². The molecule has 1 fully saturated rings. The molecule has 0 amide bonds. The minimum Gasteiger partial charge on any atom is -0.345 e. The molecule has 0 aliphatic carbocycles. The van der Waals surface area contributed by atoms with Gasteiger partial charge in [0.05, 0.1) is 50.2 Å². The Balaban J connectivity index is 1.59. The maximum absolute atomic E-state index is 11.0. The average Bonchev–Trinajstić information content (AvgIpc) is 2.92. The second-order valence-electron chi connectivity index (χ2n) is 7.48. The lowest BCUT2D eigenvalue weighted by molar-refractivity contribution is -0.928. The van der Waals surface area contributed by atoms with E-state index in [1.807, 2.05) is 31.3 Å². The quantitative estimate of drug-likeness (QED) is 0.519. The van der Waals surface area contributed by atoms with Crippen LogP contribution >= 0.6 is 19.2 Å². The molecule has 2 aliphatic rings. The van der Waals surface area contributed by atoms with Gasteiger partial charge in [0.1, 0.15) is 10.8 Å². The van der Waals surface area contributed by atoms with Crippen molar-refractivity contribution in [2.75, 3.05) is 45.3 Å². The molecule has 0 bridgehead atoms. The lowest BCUT2D eigenvalue weighted by Gasteiger charge is -2.42. The van der Waals surface area contributed by atoms with E-state index in [4.69, 9.17) is 19.3 Å². The second-order valence-corrected chi connectivity index (χ2v) is 9.98. The Morgan fingerprint density at radius 1 is 1.32 bits per heavy atom. The number of para-hydroxylation sites is 2. The maximum atomic E-state index is 11.0. The van der Waals surface area contributed by atoms with Crippen molar-refractivity contribution in [3.05, 3.63) is 40.8 Å². The number of hydrogen-bond donors (Lipinski definition) is 3. The summed E-state index contributed by atoms with van der Waals surface area (Å²) in [5.74, 6) is 0.943. The van der Waals surface area contributed by atoms with Gasteiger partial charge in [-0.3, -0.25) is 0 Å². The fraction of sp³-hybridized carbons (Fsp3) is 0.389. The van der Waals surface area contributed by atoms with Crippen LogP contribution in [0.25, 0.3) is 0 Å². The molecule has 3 heterocycles. The number of amidine groups is 1. The van der Waals surface area contributed by atoms with Crippen LogP contribution in [-0.4, -0.2) is 65.0 Å². The minimum absolute atomic E-state index is 0.00219. The number of hydrogen-bond acceptors (Lipinski definition) is 6. The van der Waals surface area contributed by atoms with Crippen molar-refractivity contribution in [3.8, 4) is 0 Å². The molecule has 0 atom stereocenters. The molecule has 2 aliphatic heterocycles. The second kappa shape index (κ2) is 7.26. The summed E-state index contributed by atoms with van der Waals surface area (Å²) < 4.78 is 16.3. The van der Waals surface area contributed by atoms with Crippen LogP contribution < -0.4 is 5.32 Å². The Labute approximate surface area is 167 Å². The van der Waals surface area contributed by atoms with Crippen LogP contribution in [0.3, 0.4) is 0 Å². The van der Waals surface area contributed by atoms with Crippen LogP contribution in [0.4, 0.5) is 16.4 Å². The third-order valence-corrected chi connectivity index (χ3v) is 6.55. The molecule has 1 aromatic carbocycles. The molecule has 150 valence electrons. The summed E-state index contributed by atoms with van der Waals surface area (Å²) in [6.07, 6.45) is 0. The van der Waals surface area contributed by atoms with Gasteiger partial charge < -0.3 is 24.5 Å². The number of quaternary nitrogens is 1. The number of rotatable bonds is 3. The van der Waals surface area contributed by atoms with Crippen molar-refractivity contribution in [2.24, 2.45) is 4.99 Å². The van der Waals surface area contributed by atoms with Crippen LogP contribution in [0.2, 0.25) is 0 Å². The summed E-state index contributed by atoms with van der Waals surface area (Å²) in [6, 6.07) is 10.2. The Morgan fingerprint density at radius 2 is 2.04 bits per heavy atom. The Hall–Kier alpha value is -1.74. The van der Waals surface area contributed by atoms with Crippen molar-refractivity contribution in [3.63, 3.8) is 0 Å². The van der Waals surface area contributed by atoms with E-state index in [9.17, 15) is 4.57 Å². The molecule has 2 aromatic rings. The number of anilines is 2. The van der Waals surface area contributed by atoms with Gasteiger partial charge in [0.2, 0.25) is 0 Å². The van der Waals surface area contributed by atoms with E-state index in [-0.39, 0.29) is 6.73 Å². The molecule has 0 saturated carbocycles. The summed E-state index contributed by atoms with van der Waals surface area (Å²) in [5.41, 5.74) is 3.00. The topological polar surface area (TPSA) is 94.4 Å². The van der Waals surface area contributed by atoms with E-state index < -0.39 is 7.82 Å². The van der Waals surface area contributed by atoms with Crippen molar-refractivity contribution >= 4 is 41.4 Å². The predicted molar refractivity (Wildman–Crippen MR) is 110 cm³/mol. The number of benzene rings is 1. The van der Waals surface area contributed by atoms with Gasteiger partial charge >= 0.3 is 7.82 Å². The van der Waals surface area contributed by atoms with E-state index in [0.29, 0.717) is 17.6 Å². The molecule has 3 N–H and O–H groups in total. The van der Waals surface area contributed by atoms with Gasteiger partial charge in [-0.1, -0.05) is 12.1 Å². The fourth-order valence-electron chi connectivity index (χ4n) is 3.49. The fourth-order valence-corrected chi connectivity index (χ4v) is 4.84. The molecule has 0 spiro atoms. The first-order valence-electron chi connectivity index (χ1n) is 9.07. The Bertz CT molecular complexity index is 962. The van der Waals surface area contributed by atoms with Gasteiger partial charge in [0.15, 0.2) is 6.73 Å². The largest absolute Gasteiger partial charge is 0.474 e. The molecule has 4 rings (SSSR count). The number of piperazine rings is 1. The van der Waals surface area contributed by atoms with Gasteiger partial charge in [-0.2, -0.15) is 0 Å². The van der Waals surface area contributed by atoms with Crippen molar-refractivity contribution in [2.45, 2.75) is 6.92 Å². The summed E-state index contributed by atoms with van der Waals surface area (Å²) in [6.45, 7) is 4.98. The number of thiophene rings is 1. The van der Waals surface area contributed by atoms with Crippen LogP contribution in [0.1, 0.15) is 10.4 Å². The van der Waals surface area contributed by atoms with Gasteiger partial charge in [-0.25, -0.2) is 14.1 Å². The smallest absolute Gasteiger partial charge is 0.345 e. The van der Waals surface area contributed by atoms with E-state index >= 15 is 0 Å². The highest BCUT2D eigenvalue weighted by molar-refractivity contribution is 7.46. The lowest BCUT2D eigenvalue weighted by atomic mass is 10.2. The first kappa shape index (κ1) is 19.6. The van der Waals surface area contributed by atoms with Gasteiger partial charge in [0.25, 0.3) is 0 Å². The van der Waals surface area contributed by atoms with E-state index in [2.05, 4.69) is 23.2 Å². The number of nitrogens with zero attached hydrogens (tertiary/aromatic N) is 3. The lowest BCUT2D eigenvalue weighted by Crippen LogP contribution is -2.59. The van der Waals surface area contributed by atoms with Crippen molar-refractivity contribution in [1.82, 2.24) is 4.90 Å². The number of aryl methyl sites for hydroxylation is 1. The summed E-state index contributed by atoms with van der Waals surface area (Å²) in [7, 11) is -2.50. The van der Waals surface area contributed by atoms with Crippen LogP contribution in [0.15, 0.2) is 35.3 Å². The molecule has 0 unspecified atom stereocenters. The number of fused-ring (bicyclic) bond motifs is 2. The highest BCUT2D eigenvalue weighted by Gasteiger charge is 2.34. The first-order chi connectivity index (χ1) is 13.2. The average molecular weight is 423 g/mol. The molecule has 8 nitrogen and oxygen atoms in total. The van der Waals surface area contributed by atoms with Crippen molar-refractivity contribution in [1.29, 1.82) is 0 Å². The van der Waals surface area contributed by atoms with E-state index in [0.717, 1.165) is 40.9 Å². The number of phosphoric ester groups is 1. The molecule has 0 radical (unpaired) electrons. The monoisotopic (exact) mass is 423 g/mol. The van der Waals surface area contributed by atoms with Gasteiger partial charge in [0, 0.05) is 4.88 Å². The number of nitrogens with one attached hydrogen (secondary N) is 1. The van der Waals surface area contributed by atoms with Gasteiger partial charge in [-0.05, 0) is 25.1 Å². The standard InChI is InChI=1S/C18H23N4O4PS/c1-13-11-14-17(19-15-5-3-4-6-16(15)20-18(14)28-13)21-7-9-22(2,10-8-21)12-26-27(23,24)25/h3-6,11,20H,7-10,12H2,1-2H3,(H-,23,24,25)/p+1. The van der Waals surface area contributed by atoms with Crippen LogP contribution in [-0.2, 0) is 9.09 Å².